The van der Waals surface area contributed by atoms with Gasteiger partial charge in [0.1, 0.15) is 5.78 Å². The average Bonchev–Trinajstić information content (AvgIpc) is 1.96. The summed E-state index contributed by atoms with van der Waals surface area (Å²) in [6, 6.07) is 0. The third-order valence-corrected chi connectivity index (χ3v) is 0.923. The van der Waals surface area contributed by atoms with E-state index in [1.807, 2.05) is 18.2 Å². The van der Waals surface area contributed by atoms with Gasteiger partial charge in [-0.1, -0.05) is 24.8 Å². The molecule has 60 valence electrons. The molecule has 0 amide bonds. The minimum absolute atomic E-state index is 0.127. The maximum absolute atomic E-state index is 10.4. The maximum Gasteiger partial charge on any atom is 0.148 e. The maximum atomic E-state index is 10.4. The molecule has 0 aromatic carbocycles. The van der Waals surface area contributed by atoms with Gasteiger partial charge in [-0.05, 0) is 19.2 Å². The first-order valence-corrected chi connectivity index (χ1v) is 3.44. The van der Waals surface area contributed by atoms with Crippen LogP contribution in [0.2, 0.25) is 0 Å². The third-order valence-electron chi connectivity index (χ3n) is 0.923. The van der Waals surface area contributed by atoms with Gasteiger partial charge in [0.15, 0.2) is 0 Å². The van der Waals surface area contributed by atoms with Crippen molar-refractivity contribution in [1.82, 2.24) is 5.32 Å². The number of hydrogen-bond acceptors (Lipinski definition) is 2. The molecule has 0 saturated heterocycles. The molecule has 0 bridgehead atoms. The van der Waals surface area contributed by atoms with Crippen LogP contribution < -0.4 is 5.32 Å². The highest BCUT2D eigenvalue weighted by atomic mass is 16.1. The lowest BCUT2D eigenvalue weighted by Gasteiger charge is -1.91. The SMILES string of the molecule is C=C/C=C\C=C/NCC(C)=O. The normalized spacial score (nSPS) is 10.6. The van der Waals surface area contributed by atoms with Gasteiger partial charge in [-0.15, -0.1) is 0 Å². The molecule has 11 heavy (non-hydrogen) atoms. The monoisotopic (exact) mass is 151 g/mol. The van der Waals surface area contributed by atoms with Crippen molar-refractivity contribution in [3.05, 3.63) is 37.1 Å². The van der Waals surface area contributed by atoms with Crippen LogP contribution >= 0.6 is 0 Å². The van der Waals surface area contributed by atoms with Crippen LogP contribution in [0, 0.1) is 0 Å². The van der Waals surface area contributed by atoms with E-state index in [1.54, 1.807) is 19.2 Å². The van der Waals surface area contributed by atoms with Crippen molar-refractivity contribution < 1.29 is 4.79 Å². The van der Waals surface area contributed by atoms with Crippen LogP contribution in [-0.2, 0) is 4.79 Å². The van der Waals surface area contributed by atoms with Gasteiger partial charge in [-0.3, -0.25) is 4.79 Å². The molecular formula is C9H13NO. The van der Waals surface area contributed by atoms with Crippen LogP contribution in [0.1, 0.15) is 6.92 Å². The number of allylic oxidation sites excluding steroid dienone is 4. The molecule has 2 nitrogen and oxygen atoms in total. The lowest BCUT2D eigenvalue weighted by molar-refractivity contribution is -0.116. The van der Waals surface area contributed by atoms with E-state index < -0.39 is 0 Å². The van der Waals surface area contributed by atoms with E-state index in [1.165, 1.54) is 0 Å². The van der Waals surface area contributed by atoms with Crippen LogP contribution in [0.4, 0.5) is 0 Å². The van der Waals surface area contributed by atoms with E-state index in [2.05, 4.69) is 11.9 Å². The van der Waals surface area contributed by atoms with Crippen molar-refractivity contribution >= 4 is 5.78 Å². The molecule has 0 heterocycles. The van der Waals surface area contributed by atoms with E-state index in [4.69, 9.17) is 0 Å². The van der Waals surface area contributed by atoms with Crippen molar-refractivity contribution in [1.29, 1.82) is 0 Å². The lowest BCUT2D eigenvalue weighted by Crippen LogP contribution is -2.14. The molecule has 1 N–H and O–H groups in total. The van der Waals surface area contributed by atoms with Gasteiger partial charge >= 0.3 is 0 Å². The number of hydrogen-bond donors (Lipinski definition) is 1. The van der Waals surface area contributed by atoms with Crippen LogP contribution in [0.3, 0.4) is 0 Å². The largest absolute Gasteiger partial charge is 0.384 e. The number of nitrogens with one attached hydrogen (secondary N) is 1. The Balaban J connectivity index is 3.37. The Labute approximate surface area is 67.3 Å². The molecule has 2 heteroatoms. The van der Waals surface area contributed by atoms with Gasteiger partial charge in [0, 0.05) is 0 Å². The first kappa shape index (κ1) is 9.69. The molecule has 0 fully saturated rings. The molecule has 0 rings (SSSR count). The summed E-state index contributed by atoms with van der Waals surface area (Å²) in [7, 11) is 0. The molecule has 0 spiro atoms. The second-order valence-corrected chi connectivity index (χ2v) is 2.06. The summed E-state index contributed by atoms with van der Waals surface area (Å²) < 4.78 is 0. The molecule has 0 unspecified atom stereocenters. The summed E-state index contributed by atoms with van der Waals surface area (Å²) in [6.45, 7) is 5.44. The van der Waals surface area contributed by atoms with E-state index in [0.29, 0.717) is 6.54 Å². The number of Topliss-reactive ketones (excluding diaryl/α,β-unsaturated/α-hetero) is 1. The standard InChI is InChI=1S/C9H13NO/c1-3-4-5-6-7-10-8-9(2)11/h3-7,10H,1,8H2,2H3/b5-4-,7-6-. The quantitative estimate of drug-likeness (QED) is 0.602. The topological polar surface area (TPSA) is 29.1 Å². The highest BCUT2D eigenvalue weighted by molar-refractivity contribution is 5.77. The second kappa shape index (κ2) is 6.81. The fourth-order valence-corrected chi connectivity index (χ4v) is 0.469. The van der Waals surface area contributed by atoms with Crippen LogP contribution in [-0.4, -0.2) is 12.3 Å². The predicted octanol–water partition coefficient (Wildman–Crippen LogP) is 1.42. The van der Waals surface area contributed by atoms with Gasteiger partial charge in [0.05, 0.1) is 6.54 Å². The summed E-state index contributed by atoms with van der Waals surface area (Å²) in [5.74, 6) is 0.127. The molecule has 0 saturated carbocycles. The van der Waals surface area contributed by atoms with Crippen molar-refractivity contribution in [3.63, 3.8) is 0 Å². The Morgan fingerprint density at radius 1 is 1.45 bits per heavy atom. The molecular weight excluding hydrogens is 138 g/mol. The number of rotatable bonds is 5. The van der Waals surface area contributed by atoms with Crippen LogP contribution in [0.5, 0.6) is 0 Å². The van der Waals surface area contributed by atoms with Crippen LogP contribution in [0.25, 0.3) is 0 Å². The number of carbonyl (C=O) groups is 1. The lowest BCUT2D eigenvalue weighted by atomic mass is 10.4. The highest BCUT2D eigenvalue weighted by Gasteiger charge is 1.84. The Hall–Kier alpha value is -1.31. The second-order valence-electron chi connectivity index (χ2n) is 2.06. The molecule has 0 aliphatic carbocycles. The Kier molecular flexibility index (Phi) is 5.99. The van der Waals surface area contributed by atoms with E-state index >= 15 is 0 Å². The molecule has 0 aromatic rings. The minimum atomic E-state index is 0.127. The smallest absolute Gasteiger partial charge is 0.148 e. The first-order valence-electron chi connectivity index (χ1n) is 3.44. The summed E-state index contributed by atoms with van der Waals surface area (Å²) in [6.07, 6.45) is 8.87. The first-order chi connectivity index (χ1) is 5.27. The van der Waals surface area contributed by atoms with E-state index in [9.17, 15) is 4.79 Å². The van der Waals surface area contributed by atoms with Crippen molar-refractivity contribution in [2.45, 2.75) is 6.92 Å². The zero-order valence-electron chi connectivity index (χ0n) is 6.71. The van der Waals surface area contributed by atoms with Gasteiger partial charge in [0.2, 0.25) is 0 Å². The van der Waals surface area contributed by atoms with Crippen LogP contribution in [0.15, 0.2) is 37.1 Å². The van der Waals surface area contributed by atoms with Gasteiger partial charge in [0.25, 0.3) is 0 Å². The Morgan fingerprint density at radius 2 is 2.18 bits per heavy atom. The molecule has 0 aromatic heterocycles. The molecule has 0 radical (unpaired) electrons. The molecule has 0 atom stereocenters. The van der Waals surface area contributed by atoms with Crippen molar-refractivity contribution in [2.75, 3.05) is 6.54 Å². The molecule has 0 aliphatic heterocycles. The number of ketones is 1. The summed E-state index contributed by atoms with van der Waals surface area (Å²) in [4.78, 5) is 10.4. The summed E-state index contributed by atoms with van der Waals surface area (Å²) in [5.41, 5.74) is 0. The molecule has 0 aliphatic rings. The Morgan fingerprint density at radius 3 is 2.73 bits per heavy atom. The van der Waals surface area contributed by atoms with E-state index in [-0.39, 0.29) is 5.78 Å². The average molecular weight is 151 g/mol. The third kappa shape index (κ3) is 8.69. The van der Waals surface area contributed by atoms with Gasteiger partial charge < -0.3 is 5.32 Å². The fourth-order valence-electron chi connectivity index (χ4n) is 0.469. The zero-order valence-corrected chi connectivity index (χ0v) is 6.71. The van der Waals surface area contributed by atoms with Crippen molar-refractivity contribution in [2.24, 2.45) is 0 Å². The van der Waals surface area contributed by atoms with Gasteiger partial charge in [-0.25, -0.2) is 0 Å². The zero-order chi connectivity index (χ0) is 8.53. The summed E-state index contributed by atoms with van der Waals surface area (Å²) in [5, 5.41) is 2.83. The van der Waals surface area contributed by atoms with Gasteiger partial charge in [-0.2, -0.15) is 0 Å². The fraction of sp³-hybridized carbons (Fsp3) is 0.222. The minimum Gasteiger partial charge on any atom is -0.384 e. The summed E-state index contributed by atoms with van der Waals surface area (Å²) >= 11 is 0. The Bertz CT molecular complexity index is 180. The predicted molar refractivity (Wildman–Crippen MR) is 47.2 cm³/mol. The van der Waals surface area contributed by atoms with E-state index in [0.717, 1.165) is 0 Å². The number of carbonyl (C=O) groups excluding carboxylic acids is 1. The van der Waals surface area contributed by atoms with Crippen molar-refractivity contribution in [3.8, 4) is 0 Å². The highest BCUT2D eigenvalue weighted by Crippen LogP contribution is 1.75.